The molecule has 0 spiro atoms. The smallest absolute Gasteiger partial charge is 0.0106 e. The number of nitrogens with zero attached hydrogens (tertiary/aromatic N) is 1. The van der Waals surface area contributed by atoms with Crippen molar-refractivity contribution in [2.75, 3.05) is 52.4 Å². The van der Waals surface area contributed by atoms with Crippen LogP contribution in [-0.2, 0) is 0 Å². The largest absolute Gasteiger partial charge is 0.330 e. The topological polar surface area (TPSA) is 133 Å². The number of nitrogens with two attached hydrogens (primary N) is 5. The Morgan fingerprint density at radius 1 is 0.471 bits per heavy atom. The lowest BCUT2D eigenvalue weighted by Gasteiger charge is -2.18. The van der Waals surface area contributed by atoms with E-state index in [1.807, 2.05) is 0 Å². The zero-order chi connectivity index (χ0) is 13.4. The lowest BCUT2D eigenvalue weighted by Crippen LogP contribution is -2.37. The van der Waals surface area contributed by atoms with Gasteiger partial charge in [-0.1, -0.05) is 6.42 Å². The van der Waals surface area contributed by atoms with Crippen LogP contribution < -0.4 is 28.7 Å². The van der Waals surface area contributed by atoms with Crippen LogP contribution in [0.3, 0.4) is 0 Å². The van der Waals surface area contributed by atoms with E-state index < -0.39 is 0 Å². The van der Waals surface area contributed by atoms with Gasteiger partial charge in [0.1, 0.15) is 0 Å². The number of hydrogen-bond acceptors (Lipinski definition) is 6. The van der Waals surface area contributed by atoms with Crippen LogP contribution in [0.2, 0.25) is 0 Å². The summed E-state index contributed by atoms with van der Waals surface area (Å²) in [5.41, 5.74) is 26.6. The first kappa shape index (κ1) is 19.1. The predicted octanol–water partition coefficient (Wildman–Crippen LogP) is -1.76. The first-order valence-electron chi connectivity index (χ1n) is 6.49. The molecule has 10 N–H and O–H groups in total. The van der Waals surface area contributed by atoms with E-state index in [-0.39, 0.29) is 0 Å². The molecular weight excluding hydrogens is 216 g/mol. The van der Waals surface area contributed by atoms with Crippen molar-refractivity contribution in [3.63, 3.8) is 0 Å². The maximum atomic E-state index is 5.37. The van der Waals surface area contributed by atoms with E-state index in [1.165, 1.54) is 6.42 Å². The van der Waals surface area contributed by atoms with Crippen LogP contribution in [0.5, 0.6) is 0 Å². The lowest BCUT2D eigenvalue weighted by molar-refractivity contribution is 0.297. The summed E-state index contributed by atoms with van der Waals surface area (Å²) in [6.45, 7) is 6.34. The van der Waals surface area contributed by atoms with Crippen molar-refractivity contribution in [3.8, 4) is 0 Å². The average Bonchev–Trinajstić information content (AvgIpc) is 2.32. The number of rotatable bonds is 10. The molecule has 6 heteroatoms. The summed E-state index contributed by atoms with van der Waals surface area (Å²) in [5, 5.41) is 0. The molecule has 106 valence electrons. The Bertz CT molecular complexity index is 104. The van der Waals surface area contributed by atoms with Gasteiger partial charge in [0.2, 0.25) is 0 Å². The van der Waals surface area contributed by atoms with Crippen molar-refractivity contribution in [2.45, 2.75) is 19.3 Å². The first-order valence-corrected chi connectivity index (χ1v) is 6.49. The minimum atomic E-state index is 0.681. The third kappa shape index (κ3) is 18.3. The molecule has 0 saturated heterocycles. The Labute approximate surface area is 106 Å². The van der Waals surface area contributed by atoms with Gasteiger partial charge < -0.3 is 28.7 Å². The number of unbranched alkanes of at least 4 members (excludes halogenated alkanes) is 2. The Balaban J connectivity index is 0. The quantitative estimate of drug-likeness (QED) is 0.291. The second-order valence-corrected chi connectivity index (χ2v) is 3.85. The molecule has 0 aliphatic carbocycles. The van der Waals surface area contributed by atoms with Gasteiger partial charge in [-0.25, -0.2) is 0 Å². The van der Waals surface area contributed by atoms with Gasteiger partial charge in [-0.2, -0.15) is 0 Å². The predicted molar refractivity (Wildman–Crippen MR) is 75.6 cm³/mol. The third-order valence-electron chi connectivity index (χ3n) is 2.24. The summed E-state index contributed by atoms with van der Waals surface area (Å²) in [6, 6.07) is 0. The molecule has 0 aliphatic rings. The maximum absolute atomic E-state index is 5.37. The molecule has 0 aromatic rings. The Hall–Kier alpha value is -0.240. The van der Waals surface area contributed by atoms with E-state index in [4.69, 9.17) is 28.7 Å². The SMILES string of the molecule is NCCCCCN.NCCN(CCN)CCN. The van der Waals surface area contributed by atoms with Crippen LogP contribution in [0, 0.1) is 0 Å². The molecule has 0 amide bonds. The van der Waals surface area contributed by atoms with Crippen molar-refractivity contribution in [2.24, 2.45) is 28.7 Å². The highest BCUT2D eigenvalue weighted by molar-refractivity contribution is 4.58. The van der Waals surface area contributed by atoms with Gasteiger partial charge in [0.25, 0.3) is 0 Å². The molecular formula is C11H32N6. The molecule has 6 nitrogen and oxygen atoms in total. The van der Waals surface area contributed by atoms with Crippen molar-refractivity contribution in [3.05, 3.63) is 0 Å². The molecule has 0 atom stereocenters. The van der Waals surface area contributed by atoms with Crippen molar-refractivity contribution >= 4 is 0 Å². The minimum absolute atomic E-state index is 0.681. The summed E-state index contributed by atoms with van der Waals surface area (Å²) in [6.07, 6.45) is 3.43. The van der Waals surface area contributed by atoms with Gasteiger partial charge in [-0.15, -0.1) is 0 Å². The fraction of sp³-hybridized carbons (Fsp3) is 1.00. The molecule has 0 aromatic heterocycles. The average molecular weight is 248 g/mol. The highest BCUT2D eigenvalue weighted by Gasteiger charge is 1.98. The zero-order valence-corrected chi connectivity index (χ0v) is 11.1. The molecule has 0 rings (SSSR count). The van der Waals surface area contributed by atoms with Gasteiger partial charge in [0.15, 0.2) is 0 Å². The van der Waals surface area contributed by atoms with Crippen molar-refractivity contribution in [1.29, 1.82) is 0 Å². The Kier molecular flexibility index (Phi) is 20.4. The summed E-state index contributed by atoms with van der Waals surface area (Å²) >= 11 is 0. The fourth-order valence-corrected chi connectivity index (χ4v) is 1.35. The Morgan fingerprint density at radius 2 is 0.824 bits per heavy atom. The van der Waals surface area contributed by atoms with Gasteiger partial charge in [-0.3, -0.25) is 4.90 Å². The highest BCUT2D eigenvalue weighted by atomic mass is 15.1. The van der Waals surface area contributed by atoms with Crippen LogP contribution in [0.25, 0.3) is 0 Å². The van der Waals surface area contributed by atoms with Crippen LogP contribution in [0.4, 0.5) is 0 Å². The summed E-state index contributed by atoms with van der Waals surface area (Å²) in [7, 11) is 0. The van der Waals surface area contributed by atoms with E-state index in [1.54, 1.807) is 0 Å². The maximum Gasteiger partial charge on any atom is 0.0106 e. The normalized spacial score (nSPS) is 10.2. The third-order valence-corrected chi connectivity index (χ3v) is 2.24. The monoisotopic (exact) mass is 248 g/mol. The Morgan fingerprint density at radius 3 is 1.06 bits per heavy atom. The van der Waals surface area contributed by atoms with Crippen LogP contribution >= 0.6 is 0 Å². The molecule has 0 unspecified atom stereocenters. The standard InChI is InChI=1S/C6H18N4.C5H14N2/c7-1-4-10(5-2-8)6-3-9;6-4-2-1-3-5-7/h1-9H2;1-7H2. The fourth-order valence-electron chi connectivity index (χ4n) is 1.35. The van der Waals surface area contributed by atoms with Gasteiger partial charge in [-0.05, 0) is 25.9 Å². The second kappa shape index (κ2) is 18.1. The van der Waals surface area contributed by atoms with Crippen LogP contribution in [0.1, 0.15) is 19.3 Å². The molecule has 0 heterocycles. The lowest BCUT2D eigenvalue weighted by atomic mass is 10.2. The summed E-state index contributed by atoms with van der Waals surface area (Å²) in [4.78, 5) is 2.17. The van der Waals surface area contributed by atoms with E-state index in [9.17, 15) is 0 Å². The van der Waals surface area contributed by atoms with Gasteiger partial charge in [0.05, 0.1) is 0 Å². The van der Waals surface area contributed by atoms with E-state index >= 15 is 0 Å². The second-order valence-electron chi connectivity index (χ2n) is 3.85. The minimum Gasteiger partial charge on any atom is -0.330 e. The highest BCUT2D eigenvalue weighted by Crippen LogP contribution is 1.88. The van der Waals surface area contributed by atoms with E-state index in [0.29, 0.717) is 19.6 Å². The molecule has 0 aliphatic heterocycles. The van der Waals surface area contributed by atoms with Gasteiger partial charge in [0, 0.05) is 39.3 Å². The first-order chi connectivity index (χ1) is 8.26. The van der Waals surface area contributed by atoms with Crippen LogP contribution in [0.15, 0.2) is 0 Å². The zero-order valence-electron chi connectivity index (χ0n) is 11.1. The molecule has 0 radical (unpaired) electrons. The number of hydrogen-bond donors (Lipinski definition) is 5. The summed E-state index contributed by atoms with van der Waals surface area (Å²) in [5.74, 6) is 0. The van der Waals surface area contributed by atoms with E-state index in [0.717, 1.165) is 45.6 Å². The van der Waals surface area contributed by atoms with E-state index in [2.05, 4.69) is 4.90 Å². The molecule has 0 aromatic carbocycles. The molecule has 0 fully saturated rings. The van der Waals surface area contributed by atoms with Crippen LogP contribution in [-0.4, -0.2) is 57.3 Å². The van der Waals surface area contributed by atoms with Crippen molar-refractivity contribution in [1.82, 2.24) is 4.90 Å². The molecule has 0 saturated carbocycles. The molecule has 0 bridgehead atoms. The van der Waals surface area contributed by atoms with Crippen molar-refractivity contribution < 1.29 is 0 Å². The molecule has 17 heavy (non-hydrogen) atoms. The summed E-state index contributed by atoms with van der Waals surface area (Å²) < 4.78 is 0. The van der Waals surface area contributed by atoms with Gasteiger partial charge >= 0.3 is 0 Å².